The molecule has 0 aliphatic rings. The van der Waals surface area contributed by atoms with E-state index in [2.05, 4.69) is 5.32 Å². The molecule has 0 bridgehead atoms. The first-order valence-electron chi connectivity index (χ1n) is 6.81. The van der Waals surface area contributed by atoms with Gasteiger partial charge in [-0.1, -0.05) is 19.1 Å². The fourth-order valence-electron chi connectivity index (χ4n) is 1.84. The lowest BCUT2D eigenvalue weighted by Crippen LogP contribution is -2.32. The van der Waals surface area contributed by atoms with E-state index in [1.807, 2.05) is 45.0 Å². The summed E-state index contributed by atoms with van der Waals surface area (Å²) in [6.07, 6.45) is 0.710. The summed E-state index contributed by atoms with van der Waals surface area (Å²) in [5.41, 5.74) is 6.53. The van der Waals surface area contributed by atoms with Gasteiger partial charge in [0.25, 0.3) is 0 Å². The molecule has 2 atom stereocenters. The number of nitrogens with one attached hydrogen (secondary N) is 1. The van der Waals surface area contributed by atoms with Crippen molar-refractivity contribution in [1.82, 2.24) is 5.32 Å². The highest BCUT2D eigenvalue weighted by Gasteiger charge is 2.15. The Hall–Kier alpha value is -1.55. The van der Waals surface area contributed by atoms with Crippen LogP contribution in [0.4, 0.5) is 0 Å². The number of ether oxygens (including phenoxy) is 1. The van der Waals surface area contributed by atoms with E-state index in [-0.39, 0.29) is 17.9 Å². The monoisotopic (exact) mass is 264 g/mol. The smallest absolute Gasteiger partial charge is 0.223 e. The van der Waals surface area contributed by atoms with Crippen LogP contribution < -0.4 is 15.8 Å². The van der Waals surface area contributed by atoms with Gasteiger partial charge in [0.1, 0.15) is 5.75 Å². The van der Waals surface area contributed by atoms with Gasteiger partial charge in [0.05, 0.1) is 12.6 Å². The highest BCUT2D eigenvalue weighted by atomic mass is 16.5. The number of carbonyl (C=O) groups excluding carboxylic acids is 1. The van der Waals surface area contributed by atoms with E-state index in [0.717, 1.165) is 11.3 Å². The molecule has 1 rings (SSSR count). The highest BCUT2D eigenvalue weighted by molar-refractivity contribution is 5.78. The minimum absolute atomic E-state index is 0.0107. The second-order valence-electron chi connectivity index (χ2n) is 4.71. The first-order chi connectivity index (χ1) is 9.08. The zero-order valence-corrected chi connectivity index (χ0v) is 12.0. The van der Waals surface area contributed by atoms with E-state index in [1.165, 1.54) is 0 Å². The van der Waals surface area contributed by atoms with Crippen LogP contribution in [-0.4, -0.2) is 19.1 Å². The lowest BCUT2D eigenvalue weighted by atomic mass is 10.0. The van der Waals surface area contributed by atoms with Gasteiger partial charge in [0.15, 0.2) is 0 Å². The largest absolute Gasteiger partial charge is 0.494 e. The van der Waals surface area contributed by atoms with Gasteiger partial charge in [0, 0.05) is 5.92 Å². The molecule has 0 spiro atoms. The second-order valence-corrected chi connectivity index (χ2v) is 4.71. The number of carbonyl (C=O) groups is 1. The molecule has 1 amide bonds. The fraction of sp³-hybridized carbons (Fsp3) is 0.533. The third-order valence-electron chi connectivity index (χ3n) is 3.10. The molecule has 4 nitrogen and oxygen atoms in total. The standard InChI is InChI=1S/C15H24N2O2/c1-4-19-14-7-5-13(6-8-14)12(3)17-15(18)11(2)9-10-16/h5-8,11-12H,4,9-10,16H2,1-3H3,(H,17,18). The zero-order valence-electron chi connectivity index (χ0n) is 12.0. The van der Waals surface area contributed by atoms with Crippen LogP contribution in [0.5, 0.6) is 5.75 Å². The fourth-order valence-corrected chi connectivity index (χ4v) is 1.84. The Morgan fingerprint density at radius 1 is 1.32 bits per heavy atom. The molecular formula is C15H24N2O2. The first-order valence-corrected chi connectivity index (χ1v) is 6.81. The van der Waals surface area contributed by atoms with Gasteiger partial charge in [-0.05, 0) is 44.5 Å². The van der Waals surface area contributed by atoms with Crippen LogP contribution in [-0.2, 0) is 4.79 Å². The summed E-state index contributed by atoms with van der Waals surface area (Å²) in [5, 5.41) is 3.00. The van der Waals surface area contributed by atoms with E-state index in [1.54, 1.807) is 0 Å². The molecule has 106 valence electrons. The predicted octanol–water partition coefficient (Wildman–Crippen LogP) is 2.25. The number of nitrogens with two attached hydrogens (primary N) is 1. The molecule has 2 unspecified atom stereocenters. The molecule has 3 N–H and O–H groups in total. The van der Waals surface area contributed by atoms with Gasteiger partial charge in [0.2, 0.25) is 5.91 Å². The predicted molar refractivity (Wildman–Crippen MR) is 77.0 cm³/mol. The normalized spacial score (nSPS) is 13.7. The third-order valence-corrected chi connectivity index (χ3v) is 3.10. The molecule has 1 aromatic carbocycles. The van der Waals surface area contributed by atoms with E-state index in [0.29, 0.717) is 19.6 Å². The van der Waals surface area contributed by atoms with Crippen LogP contribution in [0.15, 0.2) is 24.3 Å². The Balaban J connectivity index is 2.57. The van der Waals surface area contributed by atoms with Crippen molar-refractivity contribution >= 4 is 5.91 Å². The SMILES string of the molecule is CCOc1ccc(C(C)NC(=O)C(C)CCN)cc1. The summed E-state index contributed by atoms with van der Waals surface area (Å²) in [6, 6.07) is 7.78. The first kappa shape index (κ1) is 15.5. The number of amides is 1. The van der Waals surface area contributed by atoms with Crippen molar-refractivity contribution in [2.45, 2.75) is 33.2 Å². The average Bonchev–Trinajstić information content (AvgIpc) is 2.40. The van der Waals surface area contributed by atoms with E-state index in [4.69, 9.17) is 10.5 Å². The summed E-state index contributed by atoms with van der Waals surface area (Å²) < 4.78 is 5.39. The van der Waals surface area contributed by atoms with Gasteiger partial charge in [-0.15, -0.1) is 0 Å². The van der Waals surface area contributed by atoms with Crippen LogP contribution in [0.2, 0.25) is 0 Å². The molecule has 0 aliphatic carbocycles. The summed E-state index contributed by atoms with van der Waals surface area (Å²) >= 11 is 0. The maximum atomic E-state index is 11.9. The molecule has 0 saturated carbocycles. The van der Waals surface area contributed by atoms with Crippen LogP contribution >= 0.6 is 0 Å². The van der Waals surface area contributed by atoms with Gasteiger partial charge in [-0.2, -0.15) is 0 Å². The lowest BCUT2D eigenvalue weighted by Gasteiger charge is -2.18. The molecule has 0 aromatic heterocycles. The Kier molecular flexibility index (Phi) is 6.36. The zero-order chi connectivity index (χ0) is 14.3. The number of hydrogen-bond donors (Lipinski definition) is 2. The van der Waals surface area contributed by atoms with Crippen molar-refractivity contribution in [3.05, 3.63) is 29.8 Å². The molecular weight excluding hydrogens is 240 g/mol. The van der Waals surface area contributed by atoms with Crippen LogP contribution in [0, 0.1) is 5.92 Å². The van der Waals surface area contributed by atoms with Crippen molar-refractivity contribution in [2.75, 3.05) is 13.2 Å². The molecule has 0 aliphatic heterocycles. The van der Waals surface area contributed by atoms with Gasteiger partial charge in [-0.25, -0.2) is 0 Å². The van der Waals surface area contributed by atoms with Crippen molar-refractivity contribution in [2.24, 2.45) is 11.7 Å². The number of benzene rings is 1. The molecule has 19 heavy (non-hydrogen) atoms. The minimum Gasteiger partial charge on any atom is -0.494 e. The Morgan fingerprint density at radius 2 is 1.95 bits per heavy atom. The Labute approximate surface area is 115 Å². The molecule has 1 aromatic rings. The van der Waals surface area contributed by atoms with Gasteiger partial charge < -0.3 is 15.8 Å². The van der Waals surface area contributed by atoms with Crippen molar-refractivity contribution in [3.8, 4) is 5.75 Å². The summed E-state index contributed by atoms with van der Waals surface area (Å²) in [7, 11) is 0. The highest BCUT2D eigenvalue weighted by Crippen LogP contribution is 2.18. The molecule has 0 fully saturated rings. The quantitative estimate of drug-likeness (QED) is 0.794. The summed E-state index contributed by atoms with van der Waals surface area (Å²) in [4.78, 5) is 11.9. The van der Waals surface area contributed by atoms with Crippen LogP contribution in [0.1, 0.15) is 38.8 Å². The van der Waals surface area contributed by atoms with Crippen LogP contribution in [0.3, 0.4) is 0 Å². The topological polar surface area (TPSA) is 64.3 Å². The molecule has 0 heterocycles. The third kappa shape index (κ3) is 4.91. The molecule has 0 radical (unpaired) electrons. The number of rotatable bonds is 7. The van der Waals surface area contributed by atoms with E-state index >= 15 is 0 Å². The number of hydrogen-bond acceptors (Lipinski definition) is 3. The van der Waals surface area contributed by atoms with Crippen molar-refractivity contribution < 1.29 is 9.53 Å². The Bertz CT molecular complexity index is 390. The minimum atomic E-state index is -0.0462. The van der Waals surface area contributed by atoms with Crippen molar-refractivity contribution in [3.63, 3.8) is 0 Å². The van der Waals surface area contributed by atoms with Gasteiger partial charge in [-0.3, -0.25) is 4.79 Å². The maximum absolute atomic E-state index is 11.9. The van der Waals surface area contributed by atoms with Gasteiger partial charge >= 0.3 is 0 Å². The maximum Gasteiger partial charge on any atom is 0.223 e. The average molecular weight is 264 g/mol. The molecule has 0 saturated heterocycles. The van der Waals surface area contributed by atoms with Crippen LogP contribution in [0.25, 0.3) is 0 Å². The van der Waals surface area contributed by atoms with E-state index < -0.39 is 0 Å². The second kappa shape index (κ2) is 7.79. The Morgan fingerprint density at radius 3 is 2.47 bits per heavy atom. The lowest BCUT2D eigenvalue weighted by molar-refractivity contribution is -0.125. The molecule has 4 heteroatoms. The summed E-state index contributed by atoms with van der Waals surface area (Å²) in [5.74, 6) is 0.850. The van der Waals surface area contributed by atoms with Crippen molar-refractivity contribution in [1.29, 1.82) is 0 Å². The summed E-state index contributed by atoms with van der Waals surface area (Å²) in [6.45, 7) is 7.01. The van der Waals surface area contributed by atoms with E-state index in [9.17, 15) is 4.79 Å².